The number of unbranched alkanes of at least 4 members (excludes halogenated alkanes) is 36. The molecule has 0 radical (unpaired) electrons. The number of benzene rings is 1. The summed E-state index contributed by atoms with van der Waals surface area (Å²) in [4.78, 5) is 0. The van der Waals surface area contributed by atoms with Crippen LogP contribution in [0.4, 0.5) is 0 Å². The van der Waals surface area contributed by atoms with E-state index >= 15 is 0 Å². The Hall–Kier alpha value is -0.506. The normalized spacial score (nSPS) is 11.5. The minimum Gasteiger partial charge on any atom is -0.0654 e. The summed E-state index contributed by atoms with van der Waals surface area (Å²) in [6.07, 6.45) is 58.4. The molecule has 0 aromatic heterocycles. The van der Waals surface area contributed by atoms with Crippen LogP contribution in [0.2, 0.25) is 0 Å². The number of hydrogen-bond donors (Lipinski definition) is 1. The molecule has 1 aromatic carbocycles. The molecular formula is C54H102O3Ti. The van der Waals surface area contributed by atoms with Gasteiger partial charge >= 0.3 is 268 Å². The second-order valence-corrected chi connectivity index (χ2v) is 19.7. The monoisotopic (exact) mass is 847 g/mol. The second kappa shape index (κ2) is 43.2. The first-order valence-electron chi connectivity index (χ1n) is 26.7. The van der Waals surface area contributed by atoms with E-state index in [0.717, 1.165) is 31.4 Å². The summed E-state index contributed by atoms with van der Waals surface area (Å²) in [6.45, 7) is 9.21. The molecule has 3 nitrogen and oxygen atoms in total. The molecule has 0 amide bonds. The Kier molecular flexibility index (Phi) is 41.3. The van der Waals surface area contributed by atoms with Crippen LogP contribution in [0.25, 0.3) is 0 Å². The van der Waals surface area contributed by atoms with Gasteiger partial charge < -0.3 is 0 Å². The molecule has 0 saturated heterocycles. The van der Waals surface area contributed by atoms with Gasteiger partial charge in [0.2, 0.25) is 0 Å². The summed E-state index contributed by atoms with van der Waals surface area (Å²) in [5.41, 5.74) is 5.90. The van der Waals surface area contributed by atoms with Crippen molar-refractivity contribution in [3.63, 3.8) is 0 Å². The minimum atomic E-state index is -3.75. The Bertz CT molecular complexity index is 1040. The van der Waals surface area contributed by atoms with Gasteiger partial charge in [0.1, 0.15) is 0 Å². The smallest absolute Gasteiger partial charge is 0.0654 e. The molecule has 340 valence electrons. The van der Waals surface area contributed by atoms with Crippen molar-refractivity contribution in [1.82, 2.24) is 0 Å². The zero-order valence-electron chi connectivity index (χ0n) is 40.0. The van der Waals surface area contributed by atoms with E-state index in [2.05, 4.69) is 33.8 Å². The zero-order chi connectivity index (χ0) is 42.0. The van der Waals surface area contributed by atoms with Gasteiger partial charge in [-0.1, -0.05) is 105 Å². The molecule has 0 saturated carbocycles. The van der Waals surface area contributed by atoms with E-state index in [4.69, 9.17) is 3.32 Å². The molecule has 1 rings (SSSR count). The minimum absolute atomic E-state index is 0.777. The SMILES string of the molecule is CCCCCCCCCCCCc1cc([O][Ti](=[O])[OH])c(CCCCCCCCCCCC)c(CCCCCCCCCCCC)c1CCCCCCCCCCCC. The molecule has 0 aliphatic carbocycles. The average Bonchev–Trinajstić information content (AvgIpc) is 3.21. The average molecular weight is 847 g/mol. The van der Waals surface area contributed by atoms with Crippen LogP contribution in [0, 0.1) is 0 Å². The molecule has 0 spiro atoms. The maximum atomic E-state index is 12.5. The fraction of sp³-hybridized carbons (Fsp3) is 0.889. The molecule has 0 unspecified atom stereocenters. The van der Waals surface area contributed by atoms with Gasteiger partial charge in [-0.05, 0) is 0 Å². The van der Waals surface area contributed by atoms with Crippen LogP contribution in [0.15, 0.2) is 6.07 Å². The fourth-order valence-corrected chi connectivity index (χ4v) is 9.90. The van der Waals surface area contributed by atoms with Gasteiger partial charge in [0.25, 0.3) is 0 Å². The van der Waals surface area contributed by atoms with Crippen LogP contribution in [-0.2, 0) is 47.6 Å². The predicted molar refractivity (Wildman–Crippen MR) is 252 cm³/mol. The quantitative estimate of drug-likeness (QED) is 0.0525. The maximum absolute atomic E-state index is 12.5. The zero-order valence-corrected chi connectivity index (χ0v) is 41.5. The number of rotatable bonds is 46. The van der Waals surface area contributed by atoms with Crippen molar-refractivity contribution >= 4 is 0 Å². The Labute approximate surface area is 371 Å². The number of hydrogen-bond acceptors (Lipinski definition) is 2. The van der Waals surface area contributed by atoms with E-state index in [1.165, 1.54) is 274 Å². The van der Waals surface area contributed by atoms with Crippen molar-refractivity contribution in [2.75, 3.05) is 0 Å². The third-order valence-electron chi connectivity index (χ3n) is 13.1. The molecule has 4 heteroatoms. The van der Waals surface area contributed by atoms with Crippen LogP contribution < -0.4 is 3.32 Å². The van der Waals surface area contributed by atoms with Crippen LogP contribution >= 0.6 is 0 Å². The van der Waals surface area contributed by atoms with E-state index in [1.54, 1.807) is 5.56 Å². The third kappa shape index (κ3) is 32.2. The summed E-state index contributed by atoms with van der Waals surface area (Å²) in [6, 6.07) is 2.27. The van der Waals surface area contributed by atoms with Crippen molar-refractivity contribution in [2.24, 2.45) is 0 Å². The predicted octanol–water partition coefficient (Wildman–Crippen LogP) is 18.7. The first kappa shape index (κ1) is 55.5. The molecule has 0 aliphatic rings. The fourth-order valence-electron chi connectivity index (χ4n) is 9.32. The molecule has 0 heterocycles. The molecule has 0 bridgehead atoms. The first-order chi connectivity index (χ1) is 28.6. The third-order valence-corrected chi connectivity index (χ3v) is 13.7. The molecular weight excluding hydrogens is 744 g/mol. The Morgan fingerprint density at radius 2 is 0.586 bits per heavy atom. The van der Waals surface area contributed by atoms with E-state index in [-0.39, 0.29) is 0 Å². The molecule has 1 aromatic rings. The summed E-state index contributed by atoms with van der Waals surface area (Å²) in [7, 11) is 0. The van der Waals surface area contributed by atoms with Crippen LogP contribution in [-0.4, -0.2) is 3.69 Å². The van der Waals surface area contributed by atoms with Gasteiger partial charge in [0.05, 0.1) is 0 Å². The summed E-state index contributed by atoms with van der Waals surface area (Å²) >= 11 is -3.75. The summed E-state index contributed by atoms with van der Waals surface area (Å²) in [5.74, 6) is 0.777. The van der Waals surface area contributed by atoms with Gasteiger partial charge in [0.15, 0.2) is 0 Å². The molecule has 0 fully saturated rings. The van der Waals surface area contributed by atoms with Gasteiger partial charge in [-0.3, -0.25) is 0 Å². The van der Waals surface area contributed by atoms with Crippen LogP contribution in [0.3, 0.4) is 0 Å². The van der Waals surface area contributed by atoms with Gasteiger partial charge in [0, 0.05) is 0 Å². The van der Waals surface area contributed by atoms with Crippen molar-refractivity contribution in [3.05, 3.63) is 28.3 Å². The Morgan fingerprint density at radius 1 is 0.345 bits per heavy atom. The Morgan fingerprint density at radius 3 is 0.879 bits per heavy atom. The van der Waals surface area contributed by atoms with Gasteiger partial charge in [-0.15, -0.1) is 0 Å². The van der Waals surface area contributed by atoms with E-state index < -0.39 is 18.6 Å². The summed E-state index contributed by atoms with van der Waals surface area (Å²) in [5, 5.41) is 0. The van der Waals surface area contributed by atoms with Crippen LogP contribution in [0.1, 0.15) is 307 Å². The molecule has 1 N–H and O–H groups in total. The topological polar surface area (TPSA) is 46.5 Å². The Balaban J connectivity index is 3.11. The van der Waals surface area contributed by atoms with E-state index in [1.807, 2.05) is 0 Å². The van der Waals surface area contributed by atoms with Crippen molar-refractivity contribution < 1.29 is 28.9 Å². The second-order valence-electron chi connectivity index (χ2n) is 18.6. The summed E-state index contributed by atoms with van der Waals surface area (Å²) < 4.78 is 28.7. The van der Waals surface area contributed by atoms with E-state index in [9.17, 15) is 7.01 Å². The van der Waals surface area contributed by atoms with E-state index in [0.29, 0.717) is 0 Å². The van der Waals surface area contributed by atoms with Crippen molar-refractivity contribution in [2.45, 2.75) is 310 Å². The first-order valence-corrected chi connectivity index (χ1v) is 28.6. The van der Waals surface area contributed by atoms with Gasteiger partial charge in [-0.2, -0.15) is 0 Å². The standard InChI is InChI=1S/C54H102O.H2O.O.Ti/c1-5-9-13-17-21-25-29-33-37-41-45-50-49-54(55)53(48-44-40-36-32-28-24-20-16-12-8-4)52(47-43-39-35-31-27-23-19-15-11-7-3)51(50)46-42-38-34-30-26-22-18-14-10-6-2;;;/h49,55H,5-48H2,1-4H3;1H2;;/q;;;+2/p-2. The van der Waals surface area contributed by atoms with Gasteiger partial charge in [-0.25, -0.2) is 0 Å². The van der Waals surface area contributed by atoms with Crippen LogP contribution in [0.5, 0.6) is 5.75 Å². The van der Waals surface area contributed by atoms with Crippen molar-refractivity contribution in [1.29, 1.82) is 0 Å². The van der Waals surface area contributed by atoms with Crippen molar-refractivity contribution in [3.8, 4) is 5.75 Å². The molecule has 58 heavy (non-hydrogen) atoms. The number of aryl methyl sites for hydroxylation is 1. The molecule has 0 aliphatic heterocycles. The molecule has 0 atom stereocenters.